The maximum Gasteiger partial charge on any atom is 0.321 e. The molecule has 0 radical (unpaired) electrons. The maximum atomic E-state index is 12.0. The van der Waals surface area contributed by atoms with Gasteiger partial charge in [-0.3, -0.25) is 15.0 Å². The highest BCUT2D eigenvalue weighted by Gasteiger charge is 2.26. The highest BCUT2D eigenvalue weighted by molar-refractivity contribution is 5.94. The van der Waals surface area contributed by atoms with Crippen LogP contribution in [0.5, 0.6) is 0 Å². The van der Waals surface area contributed by atoms with E-state index in [1.807, 2.05) is 13.8 Å². The van der Waals surface area contributed by atoms with Gasteiger partial charge < -0.3 is 5.32 Å². The molecule has 102 valence electrons. The minimum atomic E-state index is -0.442. The summed E-state index contributed by atoms with van der Waals surface area (Å²) in [5, 5.41) is 13.6. The zero-order chi connectivity index (χ0) is 14.0. The third kappa shape index (κ3) is 2.83. The van der Waals surface area contributed by atoms with Crippen molar-refractivity contribution < 1.29 is 9.72 Å². The van der Waals surface area contributed by atoms with Crippen LogP contribution in [-0.4, -0.2) is 24.0 Å². The Hall–Kier alpha value is -2.11. The van der Waals surface area contributed by atoms with Gasteiger partial charge in [-0.25, -0.2) is 4.79 Å². The summed E-state index contributed by atoms with van der Waals surface area (Å²) in [6.45, 7) is 5.20. The van der Waals surface area contributed by atoms with Gasteiger partial charge >= 0.3 is 6.03 Å². The molecule has 0 aromatic heterocycles. The summed E-state index contributed by atoms with van der Waals surface area (Å²) < 4.78 is 0. The minimum absolute atomic E-state index is 0.0160. The molecule has 0 saturated carbocycles. The predicted octanol–water partition coefficient (Wildman–Crippen LogP) is 2.32. The van der Waals surface area contributed by atoms with E-state index in [4.69, 9.17) is 0 Å². The Labute approximate surface area is 111 Å². The van der Waals surface area contributed by atoms with Crippen molar-refractivity contribution in [2.45, 2.75) is 20.3 Å². The molecule has 0 saturated heterocycles. The summed E-state index contributed by atoms with van der Waals surface area (Å²) in [5.41, 5.74) is 1.64. The molecule has 6 nitrogen and oxygen atoms in total. The fourth-order valence-electron chi connectivity index (χ4n) is 2.08. The lowest BCUT2D eigenvalue weighted by atomic mass is 10.1. The zero-order valence-electron chi connectivity index (χ0n) is 11.0. The van der Waals surface area contributed by atoms with E-state index in [9.17, 15) is 14.9 Å². The first-order valence-corrected chi connectivity index (χ1v) is 6.31. The molecule has 1 aromatic carbocycles. The molecule has 2 rings (SSSR count). The largest absolute Gasteiger partial charge is 0.337 e. The number of rotatable bonds is 3. The van der Waals surface area contributed by atoms with Crippen molar-refractivity contribution in [3.05, 3.63) is 33.9 Å². The van der Waals surface area contributed by atoms with Crippen LogP contribution < -0.4 is 10.2 Å². The standard InChI is InChI=1S/C13H17N3O3/c1-9(2)8-14-13(17)15-6-5-10-3-4-11(16(18)19)7-12(10)15/h3-4,7,9H,5-6,8H2,1-2H3,(H,14,17). The van der Waals surface area contributed by atoms with Gasteiger partial charge in [-0.15, -0.1) is 0 Å². The monoisotopic (exact) mass is 263 g/mol. The normalized spacial score (nSPS) is 13.5. The van der Waals surface area contributed by atoms with Gasteiger partial charge in [0.05, 0.1) is 10.6 Å². The molecular formula is C13H17N3O3. The third-order valence-electron chi connectivity index (χ3n) is 3.08. The second kappa shape index (κ2) is 5.26. The number of nitrogens with zero attached hydrogens (tertiary/aromatic N) is 2. The fraction of sp³-hybridized carbons (Fsp3) is 0.462. The summed E-state index contributed by atoms with van der Waals surface area (Å²) in [4.78, 5) is 23.9. The van der Waals surface area contributed by atoms with Crippen LogP contribution in [0.3, 0.4) is 0 Å². The van der Waals surface area contributed by atoms with Crippen molar-refractivity contribution in [3.63, 3.8) is 0 Å². The van der Waals surface area contributed by atoms with E-state index in [1.165, 1.54) is 12.1 Å². The summed E-state index contributed by atoms with van der Waals surface area (Å²) in [6, 6.07) is 4.49. The molecule has 1 N–H and O–H groups in total. The number of non-ortho nitro benzene ring substituents is 1. The van der Waals surface area contributed by atoms with Gasteiger partial charge in [0.15, 0.2) is 0 Å². The van der Waals surface area contributed by atoms with Crippen molar-refractivity contribution in [3.8, 4) is 0 Å². The number of fused-ring (bicyclic) bond motifs is 1. The summed E-state index contributed by atoms with van der Waals surface area (Å²) in [6.07, 6.45) is 0.739. The number of amides is 2. The van der Waals surface area contributed by atoms with E-state index < -0.39 is 4.92 Å². The second-order valence-electron chi connectivity index (χ2n) is 5.05. The first-order chi connectivity index (χ1) is 8.99. The SMILES string of the molecule is CC(C)CNC(=O)N1CCc2ccc([N+](=O)[O-])cc21. The number of hydrogen-bond donors (Lipinski definition) is 1. The molecule has 1 aromatic rings. The smallest absolute Gasteiger partial charge is 0.321 e. The summed E-state index contributed by atoms with van der Waals surface area (Å²) in [7, 11) is 0. The van der Waals surface area contributed by atoms with Crippen LogP contribution in [0.15, 0.2) is 18.2 Å². The van der Waals surface area contributed by atoms with Gasteiger partial charge in [0, 0.05) is 25.2 Å². The Bertz CT molecular complexity index is 514. The lowest BCUT2D eigenvalue weighted by molar-refractivity contribution is -0.384. The number of nitrogens with one attached hydrogen (secondary N) is 1. The first-order valence-electron chi connectivity index (χ1n) is 6.31. The van der Waals surface area contributed by atoms with E-state index in [1.54, 1.807) is 11.0 Å². The van der Waals surface area contributed by atoms with Crippen LogP contribution in [0.4, 0.5) is 16.2 Å². The van der Waals surface area contributed by atoms with Crippen molar-refractivity contribution in [2.75, 3.05) is 18.0 Å². The van der Waals surface area contributed by atoms with Crippen LogP contribution in [0.25, 0.3) is 0 Å². The second-order valence-corrected chi connectivity index (χ2v) is 5.05. The maximum absolute atomic E-state index is 12.0. The number of urea groups is 1. The van der Waals surface area contributed by atoms with Crippen LogP contribution >= 0.6 is 0 Å². The number of anilines is 1. The Kier molecular flexibility index (Phi) is 3.69. The highest BCUT2D eigenvalue weighted by atomic mass is 16.6. The van der Waals surface area contributed by atoms with Gasteiger partial charge in [-0.05, 0) is 17.9 Å². The molecule has 1 heterocycles. The molecule has 19 heavy (non-hydrogen) atoms. The molecule has 0 aliphatic carbocycles. The average molecular weight is 263 g/mol. The Balaban J connectivity index is 2.18. The van der Waals surface area contributed by atoms with Crippen molar-refractivity contribution in [1.29, 1.82) is 0 Å². The highest BCUT2D eigenvalue weighted by Crippen LogP contribution is 2.31. The van der Waals surface area contributed by atoms with Gasteiger partial charge in [-0.1, -0.05) is 19.9 Å². The van der Waals surface area contributed by atoms with Crippen LogP contribution in [0, 0.1) is 16.0 Å². The topological polar surface area (TPSA) is 75.5 Å². The van der Waals surface area contributed by atoms with E-state index in [0.29, 0.717) is 24.7 Å². The van der Waals surface area contributed by atoms with Crippen LogP contribution in [-0.2, 0) is 6.42 Å². The van der Waals surface area contributed by atoms with E-state index in [0.717, 1.165) is 12.0 Å². The van der Waals surface area contributed by atoms with Gasteiger partial charge in [0.2, 0.25) is 0 Å². The lowest BCUT2D eigenvalue weighted by Gasteiger charge is -2.18. The Morgan fingerprint density at radius 3 is 2.89 bits per heavy atom. The quantitative estimate of drug-likeness (QED) is 0.671. The molecule has 1 aliphatic heterocycles. The molecular weight excluding hydrogens is 246 g/mol. The molecule has 1 aliphatic rings. The summed E-state index contributed by atoms with van der Waals surface area (Å²) in [5.74, 6) is 0.371. The molecule has 2 amide bonds. The van der Waals surface area contributed by atoms with Gasteiger partial charge in [0.1, 0.15) is 0 Å². The summed E-state index contributed by atoms with van der Waals surface area (Å²) >= 11 is 0. The van der Waals surface area contributed by atoms with Crippen molar-refractivity contribution in [1.82, 2.24) is 5.32 Å². The Morgan fingerprint density at radius 2 is 2.26 bits per heavy atom. The number of nitro groups is 1. The number of benzene rings is 1. The first kappa shape index (κ1) is 13.3. The average Bonchev–Trinajstić information content (AvgIpc) is 2.78. The molecule has 0 atom stereocenters. The Morgan fingerprint density at radius 1 is 1.53 bits per heavy atom. The molecule has 0 bridgehead atoms. The minimum Gasteiger partial charge on any atom is -0.337 e. The number of carbonyl (C=O) groups is 1. The van der Waals surface area contributed by atoms with E-state index in [2.05, 4.69) is 5.32 Å². The van der Waals surface area contributed by atoms with Crippen molar-refractivity contribution in [2.24, 2.45) is 5.92 Å². The third-order valence-corrected chi connectivity index (χ3v) is 3.08. The molecule has 0 fully saturated rings. The molecule has 0 unspecified atom stereocenters. The van der Waals surface area contributed by atoms with Gasteiger partial charge in [-0.2, -0.15) is 0 Å². The number of nitro benzene ring substituents is 1. The number of carbonyl (C=O) groups excluding carboxylic acids is 1. The number of hydrogen-bond acceptors (Lipinski definition) is 3. The molecule has 6 heteroatoms. The van der Waals surface area contributed by atoms with Crippen LogP contribution in [0.1, 0.15) is 19.4 Å². The van der Waals surface area contributed by atoms with Gasteiger partial charge in [0.25, 0.3) is 5.69 Å². The zero-order valence-corrected chi connectivity index (χ0v) is 11.0. The lowest BCUT2D eigenvalue weighted by Crippen LogP contribution is -2.40. The van der Waals surface area contributed by atoms with E-state index >= 15 is 0 Å². The van der Waals surface area contributed by atoms with E-state index in [-0.39, 0.29) is 11.7 Å². The van der Waals surface area contributed by atoms with Crippen LogP contribution in [0.2, 0.25) is 0 Å². The van der Waals surface area contributed by atoms with Crippen molar-refractivity contribution >= 4 is 17.4 Å². The molecule has 0 spiro atoms. The predicted molar refractivity (Wildman–Crippen MR) is 72.4 cm³/mol. The fourth-order valence-corrected chi connectivity index (χ4v) is 2.08.